The lowest BCUT2D eigenvalue weighted by molar-refractivity contribution is 0.397. The molecule has 2 atom stereocenters. The molecule has 2 heteroatoms. The van der Waals surface area contributed by atoms with Crippen molar-refractivity contribution in [1.82, 2.24) is 4.57 Å². The average Bonchev–Trinajstić information content (AvgIpc) is 3.60. The van der Waals surface area contributed by atoms with Gasteiger partial charge in [-0.3, -0.25) is 0 Å². The zero-order valence-electron chi connectivity index (χ0n) is 30.4. The van der Waals surface area contributed by atoms with Gasteiger partial charge in [-0.1, -0.05) is 136 Å². The van der Waals surface area contributed by atoms with E-state index in [4.69, 9.17) is 4.74 Å². The third kappa shape index (κ3) is 4.85. The Labute approximate surface area is 306 Å². The lowest BCUT2D eigenvalue weighted by Crippen LogP contribution is -2.25. The van der Waals surface area contributed by atoms with E-state index in [9.17, 15) is 0 Å². The number of hydrogen-bond donors (Lipinski definition) is 0. The third-order valence-electron chi connectivity index (χ3n) is 11.7. The SMILES string of the molecule is C=C/C=C\c1c(C)c2c(-c3ccc(C4=CC5C(C=C4)c4c(c6ccccc6c6ccccc46)C5(C)C)cc3Oc3ccccc3)cccc2n1CC. The van der Waals surface area contributed by atoms with Crippen molar-refractivity contribution in [3.63, 3.8) is 0 Å². The van der Waals surface area contributed by atoms with Crippen LogP contribution in [-0.2, 0) is 12.0 Å². The Morgan fingerprint density at radius 1 is 0.788 bits per heavy atom. The van der Waals surface area contributed by atoms with E-state index in [0.29, 0.717) is 11.8 Å². The molecule has 2 aliphatic rings. The largest absolute Gasteiger partial charge is 0.457 e. The highest BCUT2D eigenvalue weighted by atomic mass is 16.5. The molecule has 2 aliphatic carbocycles. The molecule has 2 unspecified atom stereocenters. The van der Waals surface area contributed by atoms with Crippen molar-refractivity contribution >= 4 is 44.1 Å². The first kappa shape index (κ1) is 32.1. The standard InChI is InChI=1S/C50H43NO/c1-6-8-24-44-32(3)47-40(23-16-25-45(47)51(44)7-2)38-28-26-34(31-46(38)52-35-17-10-9-11-18-35)33-27-29-42-43(30-33)50(4,5)49-41-22-15-13-20-37(41)36-19-12-14-21-39(36)48(42)49/h6,8-31,42-43H,1,7H2,2-5H3/b24-8-. The summed E-state index contributed by atoms with van der Waals surface area (Å²) in [7, 11) is 0. The van der Waals surface area contributed by atoms with E-state index < -0.39 is 0 Å². The Kier molecular flexibility index (Phi) is 7.66. The van der Waals surface area contributed by atoms with Gasteiger partial charge in [0.05, 0.1) is 0 Å². The lowest BCUT2D eigenvalue weighted by atomic mass is 9.72. The number of allylic oxidation sites excluding steroid dienone is 6. The van der Waals surface area contributed by atoms with Gasteiger partial charge < -0.3 is 9.30 Å². The molecule has 6 aromatic carbocycles. The molecule has 1 aromatic heterocycles. The van der Waals surface area contributed by atoms with Gasteiger partial charge >= 0.3 is 0 Å². The summed E-state index contributed by atoms with van der Waals surface area (Å²) in [5, 5.41) is 6.71. The topological polar surface area (TPSA) is 14.2 Å². The second-order valence-electron chi connectivity index (χ2n) is 14.8. The van der Waals surface area contributed by atoms with Crippen LogP contribution in [0.2, 0.25) is 0 Å². The summed E-state index contributed by atoms with van der Waals surface area (Å²) in [4.78, 5) is 0. The summed E-state index contributed by atoms with van der Waals surface area (Å²) in [6.45, 7) is 14.1. The van der Waals surface area contributed by atoms with Gasteiger partial charge in [0.1, 0.15) is 11.5 Å². The highest BCUT2D eigenvalue weighted by Gasteiger charge is 2.47. The molecule has 0 fully saturated rings. The maximum absolute atomic E-state index is 6.80. The Morgan fingerprint density at radius 3 is 2.25 bits per heavy atom. The zero-order valence-corrected chi connectivity index (χ0v) is 30.4. The second kappa shape index (κ2) is 12.4. The predicted molar refractivity (Wildman–Crippen MR) is 221 cm³/mol. The van der Waals surface area contributed by atoms with Gasteiger partial charge in [-0.05, 0) is 117 Å². The van der Waals surface area contributed by atoms with E-state index >= 15 is 0 Å². The Balaban J connectivity index is 1.20. The van der Waals surface area contributed by atoms with Crippen LogP contribution in [0, 0.1) is 12.8 Å². The van der Waals surface area contributed by atoms with E-state index in [2.05, 4.69) is 148 Å². The summed E-state index contributed by atoms with van der Waals surface area (Å²) in [5.74, 6) is 2.31. The van der Waals surface area contributed by atoms with Crippen molar-refractivity contribution in [2.75, 3.05) is 0 Å². The smallest absolute Gasteiger partial charge is 0.135 e. The molecule has 52 heavy (non-hydrogen) atoms. The maximum atomic E-state index is 6.80. The van der Waals surface area contributed by atoms with Gasteiger partial charge in [0.2, 0.25) is 0 Å². The minimum absolute atomic E-state index is 0.0552. The summed E-state index contributed by atoms with van der Waals surface area (Å²) in [5.41, 5.74) is 11.3. The molecule has 0 amide bonds. The summed E-state index contributed by atoms with van der Waals surface area (Å²) in [6, 6.07) is 41.6. The van der Waals surface area contributed by atoms with E-state index in [1.54, 1.807) is 0 Å². The van der Waals surface area contributed by atoms with E-state index in [0.717, 1.165) is 29.2 Å². The number of ether oxygens (including phenoxy) is 1. The van der Waals surface area contributed by atoms with Gasteiger partial charge in [-0.2, -0.15) is 0 Å². The number of benzene rings is 6. The molecule has 0 bridgehead atoms. The number of nitrogens with zero attached hydrogens (tertiary/aromatic N) is 1. The molecule has 0 aliphatic heterocycles. The quantitative estimate of drug-likeness (QED) is 0.121. The van der Waals surface area contributed by atoms with Gasteiger partial charge in [0, 0.05) is 34.6 Å². The Morgan fingerprint density at radius 2 is 1.50 bits per heavy atom. The van der Waals surface area contributed by atoms with E-state index in [1.165, 1.54) is 66.0 Å². The van der Waals surface area contributed by atoms with Gasteiger partial charge in [-0.15, -0.1) is 0 Å². The highest BCUT2D eigenvalue weighted by molar-refractivity contribution is 6.12. The highest BCUT2D eigenvalue weighted by Crippen LogP contribution is 2.58. The van der Waals surface area contributed by atoms with Crippen LogP contribution in [-0.4, -0.2) is 4.57 Å². The number of aromatic nitrogens is 1. The maximum Gasteiger partial charge on any atom is 0.135 e. The van der Waals surface area contributed by atoms with E-state index in [1.807, 2.05) is 42.5 Å². The number of fused-ring (bicyclic) bond motifs is 9. The van der Waals surface area contributed by atoms with Crippen molar-refractivity contribution in [2.24, 2.45) is 5.92 Å². The van der Waals surface area contributed by atoms with Crippen LogP contribution in [0.15, 0.2) is 152 Å². The molecule has 1 heterocycles. The number of rotatable bonds is 7. The first-order valence-corrected chi connectivity index (χ1v) is 18.5. The molecular formula is C50H43NO. The lowest BCUT2D eigenvalue weighted by Gasteiger charge is -2.31. The molecular weight excluding hydrogens is 631 g/mol. The Hall–Kier alpha value is -5.86. The predicted octanol–water partition coefficient (Wildman–Crippen LogP) is 13.6. The molecule has 0 spiro atoms. The fourth-order valence-electron chi connectivity index (χ4n) is 9.36. The van der Waals surface area contributed by atoms with E-state index in [-0.39, 0.29) is 5.41 Å². The van der Waals surface area contributed by atoms with Crippen LogP contribution >= 0.6 is 0 Å². The summed E-state index contributed by atoms with van der Waals surface area (Å²) in [6.07, 6.45) is 13.4. The molecule has 2 nitrogen and oxygen atoms in total. The molecule has 9 rings (SSSR count). The van der Waals surface area contributed by atoms with Gasteiger partial charge in [0.15, 0.2) is 0 Å². The first-order chi connectivity index (χ1) is 25.4. The number of para-hydroxylation sites is 1. The first-order valence-electron chi connectivity index (χ1n) is 18.5. The fraction of sp³-hybridized carbons (Fsp3) is 0.160. The van der Waals surface area contributed by atoms with Crippen LogP contribution in [0.5, 0.6) is 11.5 Å². The zero-order chi connectivity index (χ0) is 35.6. The minimum atomic E-state index is -0.0552. The molecule has 0 N–H and O–H groups in total. The van der Waals surface area contributed by atoms with Crippen LogP contribution < -0.4 is 4.74 Å². The van der Waals surface area contributed by atoms with Gasteiger partial charge in [-0.25, -0.2) is 0 Å². The number of aryl methyl sites for hydroxylation is 2. The third-order valence-corrected chi connectivity index (χ3v) is 11.7. The molecule has 254 valence electrons. The average molecular weight is 674 g/mol. The van der Waals surface area contributed by atoms with Crippen LogP contribution in [0.3, 0.4) is 0 Å². The molecule has 0 saturated heterocycles. The van der Waals surface area contributed by atoms with Crippen molar-refractivity contribution in [1.29, 1.82) is 0 Å². The summed E-state index contributed by atoms with van der Waals surface area (Å²) >= 11 is 0. The number of hydrogen-bond acceptors (Lipinski definition) is 1. The van der Waals surface area contributed by atoms with Gasteiger partial charge in [0.25, 0.3) is 0 Å². The van der Waals surface area contributed by atoms with Crippen LogP contribution in [0.25, 0.3) is 55.2 Å². The second-order valence-corrected chi connectivity index (χ2v) is 14.8. The Bertz CT molecular complexity index is 2650. The van der Waals surface area contributed by atoms with Crippen molar-refractivity contribution in [2.45, 2.75) is 45.6 Å². The fourth-order valence-corrected chi connectivity index (χ4v) is 9.36. The van der Waals surface area contributed by atoms with Crippen molar-refractivity contribution in [3.8, 4) is 22.6 Å². The molecule has 7 aromatic rings. The normalized spacial score (nSPS) is 17.5. The molecule has 0 saturated carbocycles. The van der Waals surface area contributed by atoms with Crippen molar-refractivity contribution < 1.29 is 4.74 Å². The van der Waals surface area contributed by atoms with Crippen LogP contribution in [0.4, 0.5) is 0 Å². The van der Waals surface area contributed by atoms with Crippen molar-refractivity contribution in [3.05, 3.63) is 180 Å². The monoisotopic (exact) mass is 673 g/mol. The van der Waals surface area contributed by atoms with Crippen LogP contribution in [0.1, 0.15) is 54.6 Å². The minimum Gasteiger partial charge on any atom is -0.457 e. The molecule has 0 radical (unpaired) electrons. The summed E-state index contributed by atoms with van der Waals surface area (Å²) < 4.78 is 9.19.